The molecule has 1 aromatic heterocycles. The summed E-state index contributed by atoms with van der Waals surface area (Å²) in [5.41, 5.74) is 7.19. The molecule has 3 aromatic rings. The van der Waals surface area contributed by atoms with Gasteiger partial charge in [0.2, 0.25) is 0 Å². The Hall–Kier alpha value is -2.72. The Morgan fingerprint density at radius 3 is 2.41 bits per heavy atom. The van der Waals surface area contributed by atoms with Gasteiger partial charge in [0.25, 0.3) is 0 Å². The molecular weight excluding hydrogens is 272 g/mol. The zero-order chi connectivity index (χ0) is 14.8. The normalized spacial score (nSPS) is 16.5. The fourth-order valence-electron chi connectivity index (χ4n) is 2.83. The number of para-hydroxylation sites is 1. The number of nitrogens with zero attached hydrogens (tertiary/aromatic N) is 3. The second kappa shape index (κ2) is 5.58. The third-order valence-electron chi connectivity index (χ3n) is 3.85. The van der Waals surface area contributed by atoms with Crippen LogP contribution in [0.1, 0.15) is 23.0 Å². The highest BCUT2D eigenvalue weighted by atomic mass is 15.5. The molecule has 0 saturated carbocycles. The van der Waals surface area contributed by atoms with E-state index in [4.69, 9.17) is 0 Å². The van der Waals surface area contributed by atoms with Crippen molar-refractivity contribution in [1.29, 1.82) is 0 Å². The highest BCUT2D eigenvalue weighted by Crippen LogP contribution is 2.35. The molecule has 4 nitrogen and oxygen atoms in total. The van der Waals surface area contributed by atoms with Gasteiger partial charge in [-0.05, 0) is 17.7 Å². The van der Waals surface area contributed by atoms with Crippen molar-refractivity contribution in [2.24, 2.45) is 0 Å². The number of benzene rings is 2. The molecule has 1 aliphatic heterocycles. The van der Waals surface area contributed by atoms with Crippen molar-refractivity contribution in [2.45, 2.75) is 12.6 Å². The lowest BCUT2D eigenvalue weighted by atomic mass is 10.1. The van der Waals surface area contributed by atoms with Crippen LogP contribution in [0.4, 0.5) is 5.69 Å². The lowest BCUT2D eigenvalue weighted by Crippen LogP contribution is -2.34. The van der Waals surface area contributed by atoms with Crippen molar-refractivity contribution in [3.05, 3.63) is 90.0 Å². The molecule has 0 bridgehead atoms. The molecule has 0 saturated heterocycles. The molecule has 0 aliphatic carbocycles. The van der Waals surface area contributed by atoms with Crippen LogP contribution in [0.15, 0.2) is 73.1 Å². The third-order valence-corrected chi connectivity index (χ3v) is 3.85. The lowest BCUT2D eigenvalue weighted by molar-refractivity contribution is 0.579. The fourth-order valence-corrected chi connectivity index (χ4v) is 2.83. The number of hydrazine groups is 1. The van der Waals surface area contributed by atoms with Gasteiger partial charge < -0.3 is 5.01 Å². The van der Waals surface area contributed by atoms with E-state index in [2.05, 4.69) is 68.9 Å². The maximum absolute atomic E-state index is 4.40. The molecule has 4 rings (SSSR count). The van der Waals surface area contributed by atoms with Crippen LogP contribution < -0.4 is 10.4 Å². The summed E-state index contributed by atoms with van der Waals surface area (Å²) in [4.78, 5) is 8.80. The summed E-state index contributed by atoms with van der Waals surface area (Å²) in [5, 5.41) is 2.17. The Kier molecular flexibility index (Phi) is 3.29. The van der Waals surface area contributed by atoms with E-state index in [1.807, 2.05) is 12.1 Å². The standard InChI is InChI=1S/C18H16N4/c1-2-7-14(8-3-1)13-22-16-10-5-4-9-15(16)17(21-22)18-19-11-6-12-20-18/h1-12,17,21H,13H2. The Bertz CT molecular complexity index is 758. The van der Waals surface area contributed by atoms with E-state index in [0.717, 1.165) is 12.4 Å². The summed E-state index contributed by atoms with van der Waals surface area (Å²) in [7, 11) is 0. The maximum Gasteiger partial charge on any atom is 0.151 e. The van der Waals surface area contributed by atoms with Gasteiger partial charge >= 0.3 is 0 Å². The first kappa shape index (κ1) is 13.0. The second-order valence-corrected chi connectivity index (χ2v) is 5.30. The number of hydrogen-bond donors (Lipinski definition) is 1. The molecule has 1 aliphatic rings. The molecule has 1 atom stereocenters. The number of anilines is 1. The van der Waals surface area contributed by atoms with Gasteiger partial charge in [-0.1, -0.05) is 48.5 Å². The average Bonchev–Trinajstić information content (AvgIpc) is 2.96. The van der Waals surface area contributed by atoms with Crippen molar-refractivity contribution in [1.82, 2.24) is 15.4 Å². The van der Waals surface area contributed by atoms with Crippen molar-refractivity contribution >= 4 is 5.69 Å². The Labute approximate surface area is 129 Å². The van der Waals surface area contributed by atoms with Crippen molar-refractivity contribution in [3.63, 3.8) is 0 Å². The summed E-state index contributed by atoms with van der Waals surface area (Å²) in [5.74, 6) is 0.797. The number of fused-ring (bicyclic) bond motifs is 1. The van der Waals surface area contributed by atoms with Crippen LogP contribution in [0, 0.1) is 0 Å². The van der Waals surface area contributed by atoms with Gasteiger partial charge in [-0.15, -0.1) is 0 Å². The van der Waals surface area contributed by atoms with Crippen LogP contribution in [0.3, 0.4) is 0 Å². The number of nitrogens with one attached hydrogen (secondary N) is 1. The van der Waals surface area contributed by atoms with Crippen LogP contribution >= 0.6 is 0 Å². The molecule has 108 valence electrons. The van der Waals surface area contributed by atoms with Crippen LogP contribution in [0.2, 0.25) is 0 Å². The largest absolute Gasteiger partial charge is 0.303 e. The first-order valence-corrected chi connectivity index (χ1v) is 7.35. The topological polar surface area (TPSA) is 41.0 Å². The molecule has 2 heterocycles. The van der Waals surface area contributed by atoms with Gasteiger partial charge in [-0.3, -0.25) is 0 Å². The molecule has 0 amide bonds. The molecule has 1 unspecified atom stereocenters. The van der Waals surface area contributed by atoms with E-state index in [9.17, 15) is 0 Å². The van der Waals surface area contributed by atoms with Gasteiger partial charge in [0, 0.05) is 18.0 Å². The van der Waals surface area contributed by atoms with E-state index in [1.54, 1.807) is 12.4 Å². The summed E-state index contributed by atoms with van der Waals surface area (Å²) >= 11 is 0. The quantitative estimate of drug-likeness (QED) is 0.804. The summed E-state index contributed by atoms with van der Waals surface area (Å²) < 4.78 is 0. The molecule has 2 aromatic carbocycles. The summed E-state index contributed by atoms with van der Waals surface area (Å²) in [6, 6.07) is 20.7. The molecular formula is C18H16N4. The monoisotopic (exact) mass is 288 g/mol. The fraction of sp³-hybridized carbons (Fsp3) is 0.111. The van der Waals surface area contributed by atoms with E-state index >= 15 is 0 Å². The number of rotatable bonds is 3. The predicted octanol–water partition coefficient (Wildman–Crippen LogP) is 3.09. The third kappa shape index (κ3) is 2.34. The van der Waals surface area contributed by atoms with Crippen molar-refractivity contribution in [2.75, 3.05) is 5.01 Å². The van der Waals surface area contributed by atoms with Crippen LogP contribution in [-0.2, 0) is 6.54 Å². The smallest absolute Gasteiger partial charge is 0.151 e. The summed E-state index contributed by atoms with van der Waals surface area (Å²) in [6.07, 6.45) is 3.57. The summed E-state index contributed by atoms with van der Waals surface area (Å²) in [6.45, 7) is 0.807. The average molecular weight is 288 g/mol. The molecule has 1 N–H and O–H groups in total. The first-order chi connectivity index (χ1) is 10.9. The minimum absolute atomic E-state index is 0.00103. The number of aromatic nitrogens is 2. The second-order valence-electron chi connectivity index (χ2n) is 5.30. The van der Waals surface area contributed by atoms with Crippen LogP contribution in [0.25, 0.3) is 0 Å². The van der Waals surface area contributed by atoms with E-state index in [0.29, 0.717) is 0 Å². The molecule has 0 spiro atoms. The SMILES string of the molecule is c1ccc(CN2NC(c3ncccn3)c3ccccc32)cc1. The molecule has 22 heavy (non-hydrogen) atoms. The lowest BCUT2D eigenvalue weighted by Gasteiger charge is -2.20. The highest BCUT2D eigenvalue weighted by Gasteiger charge is 2.30. The minimum atomic E-state index is 0.00103. The van der Waals surface area contributed by atoms with E-state index in [1.165, 1.54) is 16.8 Å². The zero-order valence-corrected chi connectivity index (χ0v) is 12.1. The van der Waals surface area contributed by atoms with Gasteiger partial charge in [0.1, 0.15) is 6.04 Å². The highest BCUT2D eigenvalue weighted by molar-refractivity contribution is 5.59. The van der Waals surface area contributed by atoms with E-state index in [-0.39, 0.29) is 6.04 Å². The first-order valence-electron chi connectivity index (χ1n) is 7.35. The van der Waals surface area contributed by atoms with Crippen molar-refractivity contribution < 1.29 is 0 Å². The van der Waals surface area contributed by atoms with E-state index < -0.39 is 0 Å². The molecule has 0 radical (unpaired) electrons. The Balaban J connectivity index is 1.68. The van der Waals surface area contributed by atoms with Gasteiger partial charge in [-0.25, -0.2) is 15.4 Å². The Morgan fingerprint density at radius 1 is 0.864 bits per heavy atom. The predicted molar refractivity (Wildman–Crippen MR) is 86.1 cm³/mol. The van der Waals surface area contributed by atoms with Crippen LogP contribution in [-0.4, -0.2) is 9.97 Å². The van der Waals surface area contributed by atoms with Crippen molar-refractivity contribution in [3.8, 4) is 0 Å². The molecule has 0 fully saturated rings. The molecule has 4 heteroatoms. The zero-order valence-electron chi connectivity index (χ0n) is 12.1. The van der Waals surface area contributed by atoms with Gasteiger partial charge in [-0.2, -0.15) is 0 Å². The number of hydrogen-bond acceptors (Lipinski definition) is 4. The Morgan fingerprint density at radius 2 is 1.59 bits per heavy atom. The maximum atomic E-state index is 4.40. The van der Waals surface area contributed by atoms with Gasteiger partial charge in [0.15, 0.2) is 5.82 Å². The van der Waals surface area contributed by atoms with Gasteiger partial charge in [0.05, 0.1) is 12.2 Å². The van der Waals surface area contributed by atoms with Crippen LogP contribution in [0.5, 0.6) is 0 Å². The minimum Gasteiger partial charge on any atom is -0.303 e.